The van der Waals surface area contributed by atoms with Gasteiger partial charge in [0.15, 0.2) is 25.5 Å². The Morgan fingerprint density at radius 1 is 0.660 bits per heavy atom. The minimum absolute atomic E-state index is 0.310. The second-order valence-corrected chi connectivity index (χ2v) is 17.8. The lowest BCUT2D eigenvalue weighted by Crippen LogP contribution is -2.85. The van der Waals surface area contributed by atoms with E-state index < -0.39 is 8.07 Å². The van der Waals surface area contributed by atoms with E-state index in [0.717, 1.165) is 45.4 Å². The number of hydrogen-bond acceptors (Lipinski definition) is 2. The molecule has 1 atom stereocenters. The zero-order valence-corrected chi connectivity index (χ0v) is 27.8. The Labute approximate surface area is 285 Å². The van der Waals surface area contributed by atoms with Crippen molar-refractivity contribution < 1.29 is 14.1 Å². The molecule has 7 nitrogen and oxygen atoms in total. The van der Waals surface area contributed by atoms with Gasteiger partial charge in [0.25, 0.3) is 11.5 Å². The normalized spacial score (nSPS) is 18.1. The molecule has 50 heavy (non-hydrogen) atoms. The molecule has 230 valence electrons. The SMILES string of the molecule is Cn1c2[n+](c3ncccc31)[N+]13c4c(cccc4-2)Oc2ccc4c(c21)-n1c2c(cccc2c2ccc[n+]3c21)[Si]41c2ccccc2-c2ccccc21. The van der Waals surface area contributed by atoms with Gasteiger partial charge in [0.05, 0.1) is 17.1 Å². The van der Waals surface area contributed by atoms with E-state index in [1.165, 1.54) is 59.5 Å². The number of aromatic nitrogens is 5. The number of rotatable bonds is 0. The van der Waals surface area contributed by atoms with Crippen molar-refractivity contribution in [3.63, 3.8) is 0 Å². The van der Waals surface area contributed by atoms with Crippen LogP contribution in [0.1, 0.15) is 0 Å². The maximum Gasteiger partial charge on any atom is 0.358 e. The van der Waals surface area contributed by atoms with Crippen LogP contribution >= 0.6 is 0 Å². The van der Waals surface area contributed by atoms with Gasteiger partial charge in [-0.15, -0.1) is 4.98 Å². The van der Waals surface area contributed by atoms with Crippen molar-refractivity contribution in [1.82, 2.24) is 18.8 Å². The van der Waals surface area contributed by atoms with Crippen LogP contribution in [0.4, 0.5) is 11.4 Å². The van der Waals surface area contributed by atoms with Gasteiger partial charge >= 0.3 is 17.0 Å². The van der Waals surface area contributed by atoms with Gasteiger partial charge in [-0.25, -0.2) is 0 Å². The molecule has 5 aromatic carbocycles. The van der Waals surface area contributed by atoms with Gasteiger partial charge in [-0.2, -0.15) is 4.57 Å². The van der Waals surface area contributed by atoms with E-state index in [9.17, 15) is 0 Å². The predicted molar refractivity (Wildman–Crippen MR) is 196 cm³/mol. The lowest BCUT2D eigenvalue weighted by atomic mass is 10.1. The second-order valence-electron chi connectivity index (χ2n) is 14.2. The molecule has 0 aliphatic carbocycles. The molecule has 0 N–H and O–H groups in total. The van der Waals surface area contributed by atoms with Crippen molar-refractivity contribution >= 4 is 73.3 Å². The van der Waals surface area contributed by atoms with Crippen LogP contribution in [-0.2, 0) is 7.05 Å². The van der Waals surface area contributed by atoms with Crippen molar-refractivity contribution in [3.05, 3.63) is 134 Å². The first-order chi connectivity index (χ1) is 24.8. The smallest absolute Gasteiger partial charge is 0.358 e. The third-order valence-corrected chi connectivity index (χ3v) is 17.2. The third kappa shape index (κ3) is 2.18. The summed E-state index contributed by atoms with van der Waals surface area (Å²) < 4.78 is 17.2. The van der Waals surface area contributed by atoms with E-state index in [-0.39, 0.29) is 0 Å². The highest BCUT2D eigenvalue weighted by atomic mass is 28.3. The molecule has 0 saturated heterocycles. The zero-order valence-electron chi connectivity index (χ0n) is 26.8. The number of hydrogen-bond donors (Lipinski definition) is 0. The van der Waals surface area contributed by atoms with E-state index in [0.29, 0.717) is 4.70 Å². The standard InChI is InChI=1S/C42H25N6OSi/c1-44-29-15-8-22-43-40(29)47-41(44)28-13-6-16-30-38(28)48(47)39-31(49-30)20-21-35-37(39)46-36-26(27-14-9-23-45(48)42(27)46)12-7-19-34(36)50(35)32-17-4-2-10-24(32)25-11-3-5-18-33(25)50/h2-23H,1H3/q+3. The number of aryl methyl sites for hydroxylation is 1. The topological polar surface area (TPSA) is 39.7 Å². The highest BCUT2D eigenvalue weighted by Gasteiger charge is 2.70. The summed E-state index contributed by atoms with van der Waals surface area (Å²) in [4.78, 5) is 5.13. The Balaban J connectivity index is 1.32. The maximum absolute atomic E-state index is 7.06. The van der Waals surface area contributed by atoms with Crippen LogP contribution in [0.25, 0.3) is 61.3 Å². The second kappa shape index (κ2) is 7.60. The molecule has 0 saturated carbocycles. The van der Waals surface area contributed by atoms with Gasteiger partial charge in [-0.1, -0.05) is 72.8 Å². The first-order valence-corrected chi connectivity index (χ1v) is 19.2. The molecular weight excluding hydrogens is 633 g/mol. The predicted octanol–water partition coefficient (Wildman–Crippen LogP) is 4.88. The van der Waals surface area contributed by atoms with Crippen LogP contribution in [0.2, 0.25) is 0 Å². The van der Waals surface area contributed by atoms with Crippen LogP contribution in [0, 0.1) is 0 Å². The summed E-state index contributed by atoms with van der Waals surface area (Å²) in [6.45, 7) is 0. The lowest BCUT2D eigenvalue weighted by molar-refractivity contribution is -1.01. The van der Waals surface area contributed by atoms with Crippen LogP contribution in [-0.4, -0.2) is 22.2 Å². The Morgan fingerprint density at radius 2 is 1.40 bits per heavy atom. The van der Waals surface area contributed by atoms with Crippen LogP contribution in [0.15, 0.2) is 134 Å². The largest absolute Gasteiger partial charge is 0.444 e. The van der Waals surface area contributed by atoms with E-state index in [1.54, 1.807) is 0 Å². The molecule has 14 rings (SSSR count). The molecule has 0 bridgehead atoms. The van der Waals surface area contributed by atoms with Crippen molar-refractivity contribution in [2.45, 2.75) is 0 Å². The summed E-state index contributed by atoms with van der Waals surface area (Å²) in [5.41, 5.74) is 11.9. The Bertz CT molecular complexity index is 3130. The van der Waals surface area contributed by atoms with E-state index in [1.807, 2.05) is 12.3 Å². The average Bonchev–Trinajstić information content (AvgIpc) is 3.86. The summed E-state index contributed by atoms with van der Waals surface area (Å²) in [6.07, 6.45) is 4.19. The number of imidazole rings is 1. The van der Waals surface area contributed by atoms with Crippen molar-refractivity contribution in [2.75, 3.05) is 0 Å². The Kier molecular flexibility index (Phi) is 3.76. The highest BCUT2D eigenvalue weighted by Crippen LogP contribution is 2.60. The highest BCUT2D eigenvalue weighted by molar-refractivity contribution is 7.23. The molecule has 5 aliphatic rings. The molecule has 1 unspecified atom stereocenters. The fraction of sp³-hybridized carbons (Fsp3) is 0.0238. The van der Waals surface area contributed by atoms with Gasteiger partial charge < -0.3 is 4.74 Å². The number of nitrogens with zero attached hydrogens (tertiary/aromatic N) is 6. The fourth-order valence-electron chi connectivity index (χ4n) is 10.8. The Hall–Kier alpha value is -6.35. The quantitative estimate of drug-likeness (QED) is 0.133. The molecule has 9 aromatic rings. The molecule has 0 radical (unpaired) electrons. The maximum atomic E-state index is 7.06. The molecule has 0 fully saturated rings. The van der Waals surface area contributed by atoms with Crippen molar-refractivity contribution in [2.24, 2.45) is 7.05 Å². The number of quaternary nitrogens is 1. The van der Waals surface area contributed by atoms with Gasteiger partial charge in [0.1, 0.15) is 17.3 Å². The van der Waals surface area contributed by atoms with Gasteiger partial charge in [0, 0.05) is 15.8 Å². The molecule has 9 heterocycles. The summed E-state index contributed by atoms with van der Waals surface area (Å²) in [5.74, 6) is 2.86. The zero-order chi connectivity index (χ0) is 32.2. The first kappa shape index (κ1) is 24.7. The summed E-state index contributed by atoms with van der Waals surface area (Å²) >= 11 is 0. The van der Waals surface area contributed by atoms with Gasteiger partial charge in [0.2, 0.25) is 11.4 Å². The van der Waals surface area contributed by atoms with Crippen molar-refractivity contribution in [1.29, 1.82) is 0 Å². The number of para-hydroxylation sites is 2. The average molecular weight is 658 g/mol. The molecule has 0 amide bonds. The fourth-order valence-corrected chi connectivity index (χ4v) is 16.4. The first-order valence-electron chi connectivity index (χ1n) is 17.2. The summed E-state index contributed by atoms with van der Waals surface area (Å²) in [5, 5.41) is 8.33. The molecule has 5 aliphatic heterocycles. The van der Waals surface area contributed by atoms with Crippen LogP contribution in [0.5, 0.6) is 11.5 Å². The molecule has 8 heteroatoms. The van der Waals surface area contributed by atoms with Gasteiger partial charge in [-0.05, 0) is 79.4 Å². The monoisotopic (exact) mass is 657 g/mol. The number of ether oxygens (including phenoxy) is 1. The molecular formula is C42H25N6OSi+3. The van der Waals surface area contributed by atoms with Crippen molar-refractivity contribution in [3.8, 4) is 39.7 Å². The summed E-state index contributed by atoms with van der Waals surface area (Å²) in [6, 6.07) is 45.4. The van der Waals surface area contributed by atoms with E-state index in [4.69, 9.17) is 9.72 Å². The number of fused-ring (bicyclic) bond motifs is 12. The number of benzene rings is 5. The number of pyridine rings is 2. The summed E-state index contributed by atoms with van der Waals surface area (Å²) in [7, 11) is -0.657. The van der Waals surface area contributed by atoms with E-state index in [2.05, 4.69) is 147 Å². The lowest BCUT2D eigenvalue weighted by Gasteiger charge is -2.40. The third-order valence-electron chi connectivity index (χ3n) is 12.3. The van der Waals surface area contributed by atoms with Gasteiger partial charge in [-0.3, -0.25) is 4.57 Å². The van der Waals surface area contributed by atoms with Crippen LogP contribution < -0.4 is 39.5 Å². The minimum atomic E-state index is -2.82. The van der Waals surface area contributed by atoms with Crippen LogP contribution in [0.3, 0.4) is 0 Å². The molecule has 2 spiro atoms. The minimum Gasteiger partial charge on any atom is -0.444 e. The Morgan fingerprint density at radius 3 is 2.26 bits per heavy atom. The molecule has 4 aromatic heterocycles. The van der Waals surface area contributed by atoms with E-state index >= 15 is 0 Å².